The minimum absolute atomic E-state index is 0.289. The van der Waals surface area contributed by atoms with Gasteiger partial charge in [-0.1, -0.05) is 48.0 Å². The minimum Gasteiger partial charge on any atom is -0.378 e. The van der Waals surface area contributed by atoms with Gasteiger partial charge in [0, 0.05) is 24.8 Å². The Labute approximate surface area is 191 Å². The summed E-state index contributed by atoms with van der Waals surface area (Å²) in [6, 6.07) is 23.8. The van der Waals surface area contributed by atoms with Crippen LogP contribution in [0.3, 0.4) is 0 Å². The van der Waals surface area contributed by atoms with E-state index in [1.54, 1.807) is 29.3 Å². The molecule has 7 heteroatoms. The van der Waals surface area contributed by atoms with Crippen molar-refractivity contribution in [2.75, 3.05) is 29.0 Å². The van der Waals surface area contributed by atoms with E-state index in [1.807, 2.05) is 73.6 Å². The molecule has 2 aliphatic rings. The van der Waals surface area contributed by atoms with E-state index in [0.717, 1.165) is 16.9 Å². The first-order valence-corrected chi connectivity index (χ1v) is 10.8. The lowest BCUT2D eigenvalue weighted by Gasteiger charge is -2.29. The third-order valence-corrected chi connectivity index (χ3v) is 6.18. The second-order valence-electron chi connectivity index (χ2n) is 8.14. The second-order valence-corrected chi connectivity index (χ2v) is 8.57. The molecule has 0 N–H and O–H groups in total. The van der Waals surface area contributed by atoms with Gasteiger partial charge in [0.15, 0.2) is 6.10 Å². The highest BCUT2D eigenvalue weighted by Crippen LogP contribution is 2.47. The summed E-state index contributed by atoms with van der Waals surface area (Å²) < 4.78 is 0. The van der Waals surface area contributed by atoms with Crippen LogP contribution in [0.5, 0.6) is 0 Å². The SMILES string of the molecule is CN(C)c1ccc([C@H]2[C@@H]3C(=O)N(c4cccc(Cl)c4)C(=O)[C@@H]3ON2c2ccccc2)cc1. The molecule has 2 aliphatic heterocycles. The predicted molar refractivity (Wildman–Crippen MR) is 125 cm³/mol. The summed E-state index contributed by atoms with van der Waals surface area (Å²) in [5, 5.41) is 2.16. The van der Waals surface area contributed by atoms with E-state index in [4.69, 9.17) is 16.4 Å². The quantitative estimate of drug-likeness (QED) is 0.553. The molecule has 2 saturated heterocycles. The number of carbonyl (C=O) groups excluding carboxylic acids is 2. The number of nitrogens with zero attached hydrogens (tertiary/aromatic N) is 3. The van der Waals surface area contributed by atoms with E-state index in [9.17, 15) is 9.59 Å². The smallest absolute Gasteiger partial charge is 0.266 e. The minimum atomic E-state index is -0.903. The molecule has 0 bridgehead atoms. The highest BCUT2D eigenvalue weighted by molar-refractivity contribution is 6.31. The largest absolute Gasteiger partial charge is 0.378 e. The number of para-hydroxylation sites is 1. The van der Waals surface area contributed by atoms with Gasteiger partial charge in [-0.15, -0.1) is 0 Å². The Bertz CT molecular complexity index is 1170. The Kier molecular flexibility index (Phi) is 5.12. The van der Waals surface area contributed by atoms with Gasteiger partial charge >= 0.3 is 0 Å². The molecule has 2 amide bonds. The highest BCUT2D eigenvalue weighted by atomic mass is 35.5. The van der Waals surface area contributed by atoms with Crippen LogP contribution in [0.1, 0.15) is 11.6 Å². The fraction of sp³-hybridized carbons (Fsp3) is 0.200. The van der Waals surface area contributed by atoms with E-state index < -0.39 is 18.1 Å². The number of hydroxylamine groups is 1. The van der Waals surface area contributed by atoms with Gasteiger partial charge in [0.25, 0.3) is 5.91 Å². The van der Waals surface area contributed by atoms with Crippen molar-refractivity contribution in [2.24, 2.45) is 5.92 Å². The molecule has 162 valence electrons. The topological polar surface area (TPSA) is 53.1 Å². The number of fused-ring (bicyclic) bond motifs is 1. The summed E-state index contributed by atoms with van der Waals surface area (Å²) in [6.07, 6.45) is -0.903. The van der Waals surface area contributed by atoms with E-state index in [-0.39, 0.29) is 11.8 Å². The van der Waals surface area contributed by atoms with Crippen LogP contribution in [0.15, 0.2) is 78.9 Å². The molecule has 0 unspecified atom stereocenters. The van der Waals surface area contributed by atoms with Crippen LogP contribution in [0.25, 0.3) is 0 Å². The number of halogens is 1. The van der Waals surface area contributed by atoms with Crippen molar-refractivity contribution in [3.8, 4) is 0 Å². The molecule has 2 heterocycles. The normalized spacial score (nSPS) is 22.4. The van der Waals surface area contributed by atoms with Crippen molar-refractivity contribution in [3.05, 3.63) is 89.4 Å². The number of hydrogen-bond donors (Lipinski definition) is 0. The van der Waals surface area contributed by atoms with Gasteiger partial charge in [-0.2, -0.15) is 0 Å². The third kappa shape index (κ3) is 3.32. The molecule has 6 nitrogen and oxygen atoms in total. The molecule has 3 atom stereocenters. The zero-order valence-electron chi connectivity index (χ0n) is 17.7. The summed E-state index contributed by atoms with van der Waals surface area (Å²) in [5.41, 5.74) is 3.20. The van der Waals surface area contributed by atoms with Crippen LogP contribution in [0.2, 0.25) is 5.02 Å². The first-order valence-electron chi connectivity index (χ1n) is 10.4. The fourth-order valence-electron chi connectivity index (χ4n) is 4.39. The molecule has 0 radical (unpaired) electrons. The summed E-state index contributed by atoms with van der Waals surface area (Å²) in [6.45, 7) is 0. The maximum Gasteiger partial charge on any atom is 0.266 e. The Morgan fingerprint density at radius 1 is 0.844 bits per heavy atom. The van der Waals surface area contributed by atoms with Gasteiger partial charge in [-0.05, 0) is 48.0 Å². The molecule has 5 rings (SSSR count). The first-order chi connectivity index (χ1) is 15.5. The van der Waals surface area contributed by atoms with Gasteiger partial charge in [0.2, 0.25) is 5.91 Å². The molecule has 0 aromatic heterocycles. The number of benzene rings is 3. The molecular weight excluding hydrogens is 426 g/mol. The number of carbonyl (C=O) groups is 2. The molecule has 3 aromatic carbocycles. The van der Waals surface area contributed by atoms with Crippen LogP contribution in [-0.2, 0) is 14.4 Å². The van der Waals surface area contributed by atoms with E-state index in [2.05, 4.69) is 0 Å². The fourth-order valence-corrected chi connectivity index (χ4v) is 4.58. The van der Waals surface area contributed by atoms with E-state index in [1.165, 1.54) is 4.90 Å². The third-order valence-electron chi connectivity index (χ3n) is 5.94. The van der Waals surface area contributed by atoms with Gasteiger partial charge in [-0.3, -0.25) is 14.4 Å². The number of amides is 2. The Morgan fingerprint density at radius 2 is 1.53 bits per heavy atom. The van der Waals surface area contributed by atoms with Gasteiger partial charge in [-0.25, -0.2) is 9.96 Å². The number of hydrogen-bond acceptors (Lipinski definition) is 5. The second kappa shape index (κ2) is 7.97. The number of rotatable bonds is 4. The zero-order valence-corrected chi connectivity index (χ0v) is 18.4. The molecule has 3 aromatic rings. The summed E-state index contributed by atoms with van der Waals surface area (Å²) in [5.74, 6) is -1.34. The van der Waals surface area contributed by atoms with Crippen molar-refractivity contribution >= 4 is 40.5 Å². The summed E-state index contributed by atoms with van der Waals surface area (Å²) in [4.78, 5) is 36.3. The molecule has 0 aliphatic carbocycles. The van der Waals surface area contributed by atoms with Crippen LogP contribution in [-0.4, -0.2) is 32.0 Å². The Hall–Kier alpha value is -3.35. The molecule has 32 heavy (non-hydrogen) atoms. The lowest BCUT2D eigenvalue weighted by Crippen LogP contribution is -2.37. The van der Waals surface area contributed by atoms with Crippen molar-refractivity contribution in [3.63, 3.8) is 0 Å². The monoisotopic (exact) mass is 447 g/mol. The van der Waals surface area contributed by atoms with Gasteiger partial charge < -0.3 is 4.90 Å². The van der Waals surface area contributed by atoms with Crippen LogP contribution in [0, 0.1) is 5.92 Å². The van der Waals surface area contributed by atoms with Gasteiger partial charge in [0.1, 0.15) is 5.92 Å². The number of imide groups is 1. The summed E-state index contributed by atoms with van der Waals surface area (Å²) >= 11 is 6.11. The molecule has 0 spiro atoms. The van der Waals surface area contributed by atoms with Crippen molar-refractivity contribution in [1.29, 1.82) is 0 Å². The lowest BCUT2D eigenvalue weighted by molar-refractivity contribution is -0.126. The van der Waals surface area contributed by atoms with E-state index >= 15 is 0 Å². The average Bonchev–Trinajstić information content (AvgIpc) is 3.30. The first kappa shape index (κ1) is 20.5. The van der Waals surface area contributed by atoms with Crippen LogP contribution < -0.4 is 14.9 Å². The van der Waals surface area contributed by atoms with Crippen molar-refractivity contribution < 1.29 is 14.4 Å². The molecule has 0 saturated carbocycles. The Balaban J connectivity index is 1.57. The van der Waals surface area contributed by atoms with Crippen LogP contribution in [0.4, 0.5) is 17.1 Å². The van der Waals surface area contributed by atoms with Gasteiger partial charge in [0.05, 0.1) is 17.4 Å². The lowest BCUT2D eigenvalue weighted by atomic mass is 9.90. The van der Waals surface area contributed by atoms with Crippen molar-refractivity contribution in [1.82, 2.24) is 0 Å². The summed E-state index contributed by atoms with van der Waals surface area (Å²) in [7, 11) is 3.95. The maximum absolute atomic E-state index is 13.6. The zero-order chi connectivity index (χ0) is 22.4. The van der Waals surface area contributed by atoms with E-state index in [0.29, 0.717) is 10.7 Å². The van der Waals surface area contributed by atoms with Crippen LogP contribution >= 0.6 is 11.6 Å². The highest BCUT2D eigenvalue weighted by Gasteiger charge is 2.60. The Morgan fingerprint density at radius 3 is 2.19 bits per heavy atom. The predicted octanol–water partition coefficient (Wildman–Crippen LogP) is 4.46. The van der Waals surface area contributed by atoms with Crippen molar-refractivity contribution in [2.45, 2.75) is 12.1 Å². The standard InChI is InChI=1S/C25H22ClN3O3/c1-27(2)18-13-11-16(12-14-18)22-21-23(32-29(22)19-8-4-3-5-9-19)25(31)28(24(21)30)20-10-6-7-17(26)15-20/h3-15,21-23H,1-2H3/t21-,22-,23+/m0/s1. The maximum atomic E-state index is 13.6. The number of anilines is 3. The molecule has 2 fully saturated rings. The molecular formula is C25H22ClN3O3. The average molecular weight is 448 g/mol.